The molecule has 20 heavy (non-hydrogen) atoms. The second-order valence-electron chi connectivity index (χ2n) is 5.62. The molecule has 0 aromatic heterocycles. The molecule has 3 nitrogen and oxygen atoms in total. The zero-order valence-electron chi connectivity index (χ0n) is 12.1. The summed E-state index contributed by atoms with van der Waals surface area (Å²) in [6, 6.07) is 6.83. The molecule has 1 saturated carbocycles. The second-order valence-corrected chi connectivity index (χ2v) is 5.62. The van der Waals surface area contributed by atoms with Gasteiger partial charge in [0, 0.05) is 18.2 Å². The lowest BCUT2D eigenvalue weighted by Gasteiger charge is -2.22. The lowest BCUT2D eigenvalue weighted by Crippen LogP contribution is -2.20. The van der Waals surface area contributed by atoms with Gasteiger partial charge >= 0.3 is 0 Å². The molecule has 0 amide bonds. The van der Waals surface area contributed by atoms with E-state index < -0.39 is 0 Å². The number of ether oxygens (including phenoxy) is 2. The summed E-state index contributed by atoms with van der Waals surface area (Å²) in [5, 5.41) is 3.55. The van der Waals surface area contributed by atoms with Gasteiger partial charge in [-0.25, -0.2) is 0 Å². The summed E-state index contributed by atoms with van der Waals surface area (Å²) in [7, 11) is 1.71. The van der Waals surface area contributed by atoms with Crippen LogP contribution in [0.4, 0.5) is 0 Å². The molecule has 108 valence electrons. The number of hydrogen-bond donors (Lipinski definition) is 1. The Bertz CT molecular complexity index is 480. The monoisotopic (exact) mass is 273 g/mol. The first kappa shape index (κ1) is 13.5. The summed E-state index contributed by atoms with van der Waals surface area (Å²) in [4.78, 5) is 0. The molecular weight excluding hydrogens is 250 g/mol. The highest BCUT2D eigenvalue weighted by atomic mass is 16.5. The minimum atomic E-state index is 0.180. The van der Waals surface area contributed by atoms with Gasteiger partial charge < -0.3 is 14.8 Å². The van der Waals surface area contributed by atoms with Gasteiger partial charge in [0.25, 0.3) is 0 Å². The largest absolute Gasteiger partial charge is 0.493 e. The number of nitrogens with one attached hydrogen (secondary N) is 1. The van der Waals surface area contributed by atoms with Crippen LogP contribution in [-0.2, 0) is 6.54 Å². The zero-order valence-corrected chi connectivity index (χ0v) is 12.1. The SMILES string of the molecule is COc1cccc(CNC2CC2)c1OC1C=CCCC1. The molecule has 0 saturated heterocycles. The van der Waals surface area contributed by atoms with Crippen molar-refractivity contribution in [2.45, 2.75) is 50.8 Å². The van der Waals surface area contributed by atoms with Gasteiger partial charge in [-0.3, -0.25) is 0 Å². The summed E-state index contributed by atoms with van der Waals surface area (Å²) >= 11 is 0. The van der Waals surface area contributed by atoms with Crippen molar-refractivity contribution in [2.24, 2.45) is 0 Å². The molecule has 0 heterocycles. The summed E-state index contributed by atoms with van der Waals surface area (Å²) in [6.07, 6.45) is 10.6. The molecular formula is C17H23NO2. The molecule has 3 rings (SSSR count). The molecule has 1 fully saturated rings. The molecule has 0 radical (unpaired) electrons. The van der Waals surface area contributed by atoms with Crippen LogP contribution in [0.5, 0.6) is 11.5 Å². The number of para-hydroxylation sites is 1. The molecule has 0 spiro atoms. The Morgan fingerprint density at radius 1 is 1.25 bits per heavy atom. The third-order valence-corrected chi connectivity index (χ3v) is 3.92. The van der Waals surface area contributed by atoms with Gasteiger partial charge in [-0.15, -0.1) is 0 Å². The lowest BCUT2D eigenvalue weighted by molar-refractivity contribution is 0.216. The van der Waals surface area contributed by atoms with Gasteiger partial charge in [0.05, 0.1) is 7.11 Å². The Morgan fingerprint density at radius 2 is 2.15 bits per heavy atom. The van der Waals surface area contributed by atoms with E-state index in [1.165, 1.54) is 31.2 Å². The number of benzene rings is 1. The third kappa shape index (κ3) is 3.34. The van der Waals surface area contributed by atoms with E-state index >= 15 is 0 Å². The van der Waals surface area contributed by atoms with E-state index in [4.69, 9.17) is 9.47 Å². The average molecular weight is 273 g/mol. The second kappa shape index (κ2) is 6.31. The van der Waals surface area contributed by atoms with E-state index in [-0.39, 0.29) is 6.10 Å². The third-order valence-electron chi connectivity index (χ3n) is 3.92. The van der Waals surface area contributed by atoms with E-state index in [2.05, 4.69) is 23.5 Å². The molecule has 1 unspecified atom stereocenters. The van der Waals surface area contributed by atoms with Crippen LogP contribution >= 0.6 is 0 Å². The van der Waals surface area contributed by atoms with Crippen molar-refractivity contribution in [3.05, 3.63) is 35.9 Å². The Kier molecular flexibility index (Phi) is 4.26. The summed E-state index contributed by atoms with van der Waals surface area (Å²) in [6.45, 7) is 0.855. The predicted octanol–water partition coefficient (Wildman–Crippen LogP) is 3.43. The molecule has 2 aliphatic rings. The van der Waals surface area contributed by atoms with Crippen LogP contribution in [0.25, 0.3) is 0 Å². The van der Waals surface area contributed by atoms with Gasteiger partial charge in [0.2, 0.25) is 0 Å². The van der Waals surface area contributed by atoms with E-state index in [0.717, 1.165) is 24.5 Å². The first-order chi connectivity index (χ1) is 9.86. The molecule has 2 aliphatic carbocycles. The Hall–Kier alpha value is -1.48. The molecule has 1 N–H and O–H groups in total. The Labute approximate surface area is 121 Å². The summed E-state index contributed by atoms with van der Waals surface area (Å²) < 4.78 is 11.7. The van der Waals surface area contributed by atoms with Crippen LogP contribution in [0.1, 0.15) is 37.7 Å². The Morgan fingerprint density at radius 3 is 2.85 bits per heavy atom. The van der Waals surface area contributed by atoms with Crippen LogP contribution in [0.3, 0.4) is 0 Å². The maximum atomic E-state index is 6.21. The van der Waals surface area contributed by atoms with Crippen molar-refractivity contribution >= 4 is 0 Å². The van der Waals surface area contributed by atoms with Gasteiger partial charge in [-0.05, 0) is 44.2 Å². The first-order valence-corrected chi connectivity index (χ1v) is 7.59. The van der Waals surface area contributed by atoms with E-state index in [1.54, 1.807) is 7.11 Å². The standard InChI is InChI=1S/C17H23NO2/c1-19-16-9-5-6-13(12-18-14-10-11-14)17(16)20-15-7-3-2-4-8-15/h3,5-7,9,14-15,18H,2,4,8,10-12H2,1H3. The highest BCUT2D eigenvalue weighted by Crippen LogP contribution is 2.34. The van der Waals surface area contributed by atoms with Gasteiger partial charge in [-0.2, -0.15) is 0 Å². The topological polar surface area (TPSA) is 30.5 Å². The highest BCUT2D eigenvalue weighted by molar-refractivity contribution is 5.47. The molecule has 1 aromatic carbocycles. The average Bonchev–Trinajstić information content (AvgIpc) is 3.31. The van der Waals surface area contributed by atoms with Crippen molar-refractivity contribution in [1.29, 1.82) is 0 Å². The maximum Gasteiger partial charge on any atom is 0.166 e. The molecule has 1 atom stereocenters. The number of hydrogen-bond acceptors (Lipinski definition) is 3. The van der Waals surface area contributed by atoms with Crippen molar-refractivity contribution in [3.8, 4) is 11.5 Å². The number of methoxy groups -OCH3 is 1. The predicted molar refractivity (Wildman–Crippen MR) is 80.3 cm³/mol. The maximum absolute atomic E-state index is 6.21. The van der Waals surface area contributed by atoms with Crippen molar-refractivity contribution in [2.75, 3.05) is 7.11 Å². The normalized spacial score (nSPS) is 21.8. The fourth-order valence-corrected chi connectivity index (χ4v) is 2.57. The molecule has 0 bridgehead atoms. The van der Waals surface area contributed by atoms with E-state index in [9.17, 15) is 0 Å². The van der Waals surface area contributed by atoms with Crippen LogP contribution in [0, 0.1) is 0 Å². The van der Waals surface area contributed by atoms with Gasteiger partial charge in [-0.1, -0.05) is 18.2 Å². The smallest absolute Gasteiger partial charge is 0.166 e. The van der Waals surface area contributed by atoms with Gasteiger partial charge in [0.15, 0.2) is 11.5 Å². The first-order valence-electron chi connectivity index (χ1n) is 7.59. The quantitative estimate of drug-likeness (QED) is 0.805. The minimum Gasteiger partial charge on any atom is -0.493 e. The van der Waals surface area contributed by atoms with Crippen molar-refractivity contribution in [1.82, 2.24) is 5.32 Å². The van der Waals surface area contributed by atoms with Crippen LogP contribution in [-0.4, -0.2) is 19.3 Å². The van der Waals surface area contributed by atoms with Crippen molar-refractivity contribution in [3.63, 3.8) is 0 Å². The van der Waals surface area contributed by atoms with Crippen LogP contribution in [0.15, 0.2) is 30.4 Å². The minimum absolute atomic E-state index is 0.180. The molecule has 1 aromatic rings. The van der Waals surface area contributed by atoms with Crippen LogP contribution in [0.2, 0.25) is 0 Å². The number of rotatable bonds is 6. The van der Waals surface area contributed by atoms with E-state index in [1.807, 2.05) is 12.1 Å². The highest BCUT2D eigenvalue weighted by Gasteiger charge is 2.22. The molecule has 3 heteroatoms. The number of allylic oxidation sites excluding steroid dienone is 1. The fraction of sp³-hybridized carbons (Fsp3) is 0.529. The van der Waals surface area contributed by atoms with Gasteiger partial charge in [0.1, 0.15) is 6.10 Å². The lowest BCUT2D eigenvalue weighted by atomic mass is 10.1. The van der Waals surface area contributed by atoms with Crippen molar-refractivity contribution < 1.29 is 9.47 Å². The summed E-state index contributed by atoms with van der Waals surface area (Å²) in [5.41, 5.74) is 1.19. The Balaban J connectivity index is 1.76. The van der Waals surface area contributed by atoms with Crippen LogP contribution < -0.4 is 14.8 Å². The van der Waals surface area contributed by atoms with E-state index in [0.29, 0.717) is 6.04 Å². The molecule has 0 aliphatic heterocycles. The fourth-order valence-electron chi connectivity index (χ4n) is 2.57. The zero-order chi connectivity index (χ0) is 13.8. The summed E-state index contributed by atoms with van der Waals surface area (Å²) in [5.74, 6) is 1.73.